The van der Waals surface area contributed by atoms with Crippen LogP contribution in [0.5, 0.6) is 0 Å². The van der Waals surface area contributed by atoms with Gasteiger partial charge in [-0.3, -0.25) is 0 Å². The Bertz CT molecular complexity index is 593. The van der Waals surface area contributed by atoms with Crippen LogP contribution in [0.25, 0.3) is 5.57 Å². The highest BCUT2D eigenvalue weighted by atomic mass is 32.2. The van der Waals surface area contributed by atoms with Gasteiger partial charge in [-0.2, -0.15) is 0 Å². The Morgan fingerprint density at radius 3 is 2.68 bits per heavy atom. The SMILES string of the molecule is CC(=CCn1ccnc1)c1ccc(SC2CCCCC2)cc1. The number of hydrogen-bond acceptors (Lipinski definition) is 2. The molecule has 1 heterocycles. The quantitative estimate of drug-likeness (QED) is 0.734. The van der Waals surface area contributed by atoms with E-state index in [0.29, 0.717) is 0 Å². The minimum Gasteiger partial charge on any atom is -0.334 e. The van der Waals surface area contributed by atoms with Gasteiger partial charge in [0, 0.05) is 29.1 Å². The van der Waals surface area contributed by atoms with Crippen molar-refractivity contribution in [1.82, 2.24) is 9.55 Å². The molecule has 0 aliphatic heterocycles. The first-order chi connectivity index (χ1) is 10.8. The summed E-state index contributed by atoms with van der Waals surface area (Å²) in [6.45, 7) is 3.06. The van der Waals surface area contributed by atoms with Gasteiger partial charge in [-0.25, -0.2) is 4.98 Å². The number of hydrogen-bond donors (Lipinski definition) is 0. The fourth-order valence-corrected chi connectivity index (χ4v) is 4.17. The van der Waals surface area contributed by atoms with Crippen LogP contribution < -0.4 is 0 Å². The van der Waals surface area contributed by atoms with Crippen LogP contribution in [-0.4, -0.2) is 14.8 Å². The average molecular weight is 312 g/mol. The molecule has 0 unspecified atom stereocenters. The van der Waals surface area contributed by atoms with Crippen LogP contribution in [0.3, 0.4) is 0 Å². The molecule has 0 saturated heterocycles. The molecular weight excluding hydrogens is 288 g/mol. The molecule has 0 atom stereocenters. The second-order valence-electron chi connectivity index (χ2n) is 6.05. The molecule has 0 bridgehead atoms. The Labute approximate surface area is 137 Å². The van der Waals surface area contributed by atoms with Crippen LogP contribution >= 0.6 is 11.8 Å². The third-order valence-corrected chi connectivity index (χ3v) is 5.68. The molecule has 0 amide bonds. The van der Waals surface area contributed by atoms with Gasteiger partial charge in [0.15, 0.2) is 0 Å². The summed E-state index contributed by atoms with van der Waals surface area (Å²) in [6, 6.07) is 9.07. The van der Waals surface area contributed by atoms with E-state index in [0.717, 1.165) is 11.8 Å². The van der Waals surface area contributed by atoms with E-state index in [2.05, 4.69) is 58.6 Å². The third kappa shape index (κ3) is 4.26. The zero-order valence-electron chi connectivity index (χ0n) is 13.2. The lowest BCUT2D eigenvalue weighted by Crippen LogP contribution is -2.07. The Hall–Kier alpha value is -1.48. The van der Waals surface area contributed by atoms with Crippen LogP contribution in [-0.2, 0) is 6.54 Å². The topological polar surface area (TPSA) is 17.8 Å². The largest absolute Gasteiger partial charge is 0.334 e. The summed E-state index contributed by atoms with van der Waals surface area (Å²) in [5.74, 6) is 0. The van der Waals surface area contributed by atoms with Gasteiger partial charge in [-0.05, 0) is 43.0 Å². The number of benzene rings is 1. The summed E-state index contributed by atoms with van der Waals surface area (Å²) in [5.41, 5.74) is 2.64. The molecule has 3 rings (SSSR count). The lowest BCUT2D eigenvalue weighted by atomic mass is 10.0. The first-order valence-corrected chi connectivity index (χ1v) is 9.09. The molecule has 0 spiro atoms. The van der Waals surface area contributed by atoms with Gasteiger partial charge >= 0.3 is 0 Å². The Balaban J connectivity index is 1.59. The molecule has 3 heteroatoms. The minimum absolute atomic E-state index is 0.831. The summed E-state index contributed by atoms with van der Waals surface area (Å²) in [7, 11) is 0. The number of rotatable bonds is 5. The van der Waals surface area contributed by atoms with Crippen LogP contribution in [0, 0.1) is 0 Å². The second-order valence-corrected chi connectivity index (χ2v) is 7.42. The number of imidazole rings is 1. The van der Waals surface area contributed by atoms with E-state index in [4.69, 9.17) is 0 Å². The van der Waals surface area contributed by atoms with Gasteiger partial charge in [0.1, 0.15) is 0 Å². The summed E-state index contributed by atoms with van der Waals surface area (Å²) < 4.78 is 2.08. The second kappa shape index (κ2) is 7.68. The summed E-state index contributed by atoms with van der Waals surface area (Å²) >= 11 is 2.06. The van der Waals surface area contributed by atoms with E-state index in [9.17, 15) is 0 Å². The molecule has 1 aromatic carbocycles. The van der Waals surface area contributed by atoms with Crippen LogP contribution in [0.15, 0.2) is 54.0 Å². The van der Waals surface area contributed by atoms with Crippen LogP contribution in [0.2, 0.25) is 0 Å². The van der Waals surface area contributed by atoms with Gasteiger partial charge in [-0.1, -0.05) is 37.5 Å². The highest BCUT2D eigenvalue weighted by molar-refractivity contribution is 8.00. The maximum Gasteiger partial charge on any atom is 0.0948 e. The van der Waals surface area contributed by atoms with Crippen molar-refractivity contribution in [3.05, 3.63) is 54.6 Å². The molecule has 1 aromatic heterocycles. The van der Waals surface area contributed by atoms with Gasteiger partial charge in [-0.15, -0.1) is 11.8 Å². The molecule has 0 N–H and O–H groups in total. The molecule has 0 radical (unpaired) electrons. The van der Waals surface area contributed by atoms with E-state index in [-0.39, 0.29) is 0 Å². The molecule has 22 heavy (non-hydrogen) atoms. The molecule has 2 aromatic rings. The van der Waals surface area contributed by atoms with Gasteiger partial charge in [0.05, 0.1) is 6.33 Å². The standard InChI is InChI=1S/C19H24N2S/c1-16(11-13-21-14-12-20-15-21)17-7-9-19(10-8-17)22-18-5-3-2-4-6-18/h7-12,14-15,18H,2-6,13H2,1H3. The van der Waals surface area contributed by atoms with Gasteiger partial charge in [0.25, 0.3) is 0 Å². The molecule has 2 nitrogen and oxygen atoms in total. The fourth-order valence-electron chi connectivity index (χ4n) is 2.93. The van der Waals surface area contributed by atoms with E-state index in [1.54, 1.807) is 0 Å². The molecular formula is C19H24N2S. The average Bonchev–Trinajstić information content (AvgIpc) is 3.08. The summed E-state index contributed by atoms with van der Waals surface area (Å²) in [5, 5.41) is 0.831. The smallest absolute Gasteiger partial charge is 0.0948 e. The third-order valence-electron chi connectivity index (χ3n) is 4.33. The lowest BCUT2D eigenvalue weighted by Gasteiger charge is -2.21. The molecule has 1 fully saturated rings. The van der Waals surface area contributed by atoms with Crippen molar-refractivity contribution in [3.63, 3.8) is 0 Å². The Morgan fingerprint density at radius 1 is 1.23 bits per heavy atom. The predicted octanol–water partition coefficient (Wildman–Crippen LogP) is 5.41. The number of thioether (sulfide) groups is 1. The number of allylic oxidation sites excluding steroid dienone is 2. The maximum absolute atomic E-state index is 4.07. The monoisotopic (exact) mass is 312 g/mol. The van der Waals surface area contributed by atoms with Crippen molar-refractivity contribution in [3.8, 4) is 0 Å². The van der Waals surface area contributed by atoms with Gasteiger partial charge < -0.3 is 4.57 Å². The van der Waals surface area contributed by atoms with Crippen molar-refractivity contribution in [1.29, 1.82) is 0 Å². The normalized spacial score (nSPS) is 16.9. The van der Waals surface area contributed by atoms with Crippen molar-refractivity contribution in [2.24, 2.45) is 0 Å². The van der Waals surface area contributed by atoms with Crippen LogP contribution in [0.1, 0.15) is 44.6 Å². The zero-order valence-corrected chi connectivity index (χ0v) is 14.1. The fraction of sp³-hybridized carbons (Fsp3) is 0.421. The molecule has 1 aliphatic carbocycles. The highest BCUT2D eigenvalue weighted by Gasteiger charge is 2.14. The van der Waals surface area contributed by atoms with Crippen molar-refractivity contribution >= 4 is 17.3 Å². The van der Waals surface area contributed by atoms with E-state index < -0.39 is 0 Å². The van der Waals surface area contributed by atoms with E-state index in [1.807, 2.05) is 18.7 Å². The molecule has 1 aliphatic rings. The summed E-state index contributed by atoms with van der Waals surface area (Å²) in [4.78, 5) is 5.49. The van der Waals surface area contributed by atoms with Gasteiger partial charge in [0.2, 0.25) is 0 Å². The first kappa shape index (κ1) is 15.4. The predicted molar refractivity (Wildman–Crippen MR) is 95.1 cm³/mol. The highest BCUT2D eigenvalue weighted by Crippen LogP contribution is 2.33. The Kier molecular flexibility index (Phi) is 5.38. The minimum atomic E-state index is 0.831. The Morgan fingerprint density at radius 2 is 2.00 bits per heavy atom. The zero-order chi connectivity index (χ0) is 15.2. The van der Waals surface area contributed by atoms with E-state index in [1.165, 1.54) is 48.1 Å². The molecule has 116 valence electrons. The van der Waals surface area contributed by atoms with Crippen molar-refractivity contribution in [2.45, 2.75) is 55.7 Å². The first-order valence-electron chi connectivity index (χ1n) is 8.21. The van der Waals surface area contributed by atoms with Crippen molar-refractivity contribution < 1.29 is 0 Å². The van der Waals surface area contributed by atoms with E-state index >= 15 is 0 Å². The van der Waals surface area contributed by atoms with Crippen molar-refractivity contribution in [2.75, 3.05) is 0 Å². The summed E-state index contributed by atoms with van der Waals surface area (Å²) in [6.07, 6.45) is 14.9. The number of aromatic nitrogens is 2. The number of nitrogens with zero attached hydrogens (tertiary/aromatic N) is 2. The maximum atomic E-state index is 4.07. The lowest BCUT2D eigenvalue weighted by molar-refractivity contribution is 0.516. The molecule has 1 saturated carbocycles. The van der Waals surface area contributed by atoms with Crippen LogP contribution in [0.4, 0.5) is 0 Å².